The van der Waals surface area contributed by atoms with Gasteiger partial charge in [0.2, 0.25) is 0 Å². The molecule has 2 saturated heterocycles. The summed E-state index contributed by atoms with van der Waals surface area (Å²) in [6.07, 6.45) is 4.39. The van der Waals surface area contributed by atoms with Crippen molar-refractivity contribution in [3.8, 4) is 11.1 Å². The third-order valence-corrected chi connectivity index (χ3v) is 12.2. The summed E-state index contributed by atoms with van der Waals surface area (Å²) in [6.45, 7) is 10.7. The lowest BCUT2D eigenvalue weighted by atomic mass is 9.80. The van der Waals surface area contributed by atoms with E-state index in [2.05, 4.69) is 181 Å². The van der Waals surface area contributed by atoms with Crippen molar-refractivity contribution < 1.29 is 18.9 Å². The minimum Gasteiger partial charge on any atom is -0.380 e. The van der Waals surface area contributed by atoms with Crippen molar-refractivity contribution in [2.45, 2.75) is 52.7 Å². The van der Waals surface area contributed by atoms with E-state index in [1.807, 2.05) is 0 Å². The molecule has 0 aromatic heterocycles. The highest BCUT2D eigenvalue weighted by atomic mass is 16.5. The average Bonchev–Trinajstić information content (AvgIpc) is 3.25. The Morgan fingerprint density at radius 1 is 0.414 bits per heavy atom. The molecule has 0 spiro atoms. The zero-order valence-corrected chi connectivity index (χ0v) is 34.0. The molecular weight excluding hydrogens is 717 g/mol. The van der Waals surface area contributed by atoms with Gasteiger partial charge in [-0.3, -0.25) is 0 Å². The number of hydrogen-bond donors (Lipinski definition) is 0. The molecule has 0 atom stereocenters. The Kier molecular flexibility index (Phi) is 12.7. The van der Waals surface area contributed by atoms with Crippen LogP contribution in [0.5, 0.6) is 0 Å². The molecule has 6 heteroatoms. The van der Waals surface area contributed by atoms with E-state index < -0.39 is 0 Å². The van der Waals surface area contributed by atoms with Crippen molar-refractivity contribution in [1.29, 1.82) is 0 Å². The summed E-state index contributed by atoms with van der Waals surface area (Å²) < 4.78 is 23.2. The first-order chi connectivity index (χ1) is 28.6. The Balaban J connectivity index is 0.945. The molecule has 2 aliphatic heterocycles. The first-order valence-corrected chi connectivity index (χ1v) is 21.0. The molecule has 58 heavy (non-hydrogen) atoms. The molecule has 2 aliphatic rings. The van der Waals surface area contributed by atoms with Gasteiger partial charge in [0.05, 0.1) is 39.6 Å². The largest absolute Gasteiger partial charge is 0.380 e. The molecule has 0 unspecified atom stereocenters. The Hall–Kier alpha value is -5.24. The molecule has 2 heterocycles. The van der Waals surface area contributed by atoms with Crippen molar-refractivity contribution in [1.82, 2.24) is 0 Å². The lowest BCUT2D eigenvalue weighted by molar-refractivity contribution is -0.128. The summed E-state index contributed by atoms with van der Waals surface area (Å²) in [5.41, 5.74) is 12.0. The van der Waals surface area contributed by atoms with Gasteiger partial charge in [0.25, 0.3) is 0 Å². The van der Waals surface area contributed by atoms with E-state index in [1.165, 1.54) is 22.3 Å². The lowest BCUT2D eigenvalue weighted by Crippen LogP contribution is -2.42. The molecule has 0 saturated carbocycles. The highest BCUT2D eigenvalue weighted by molar-refractivity contribution is 5.80. The zero-order chi connectivity index (χ0) is 39.6. The number of ether oxygens (including phenoxy) is 4. The zero-order valence-electron chi connectivity index (χ0n) is 34.0. The van der Waals surface area contributed by atoms with Crippen LogP contribution in [0.1, 0.15) is 50.7 Å². The molecule has 2 fully saturated rings. The molecule has 0 bridgehead atoms. The van der Waals surface area contributed by atoms with Crippen LogP contribution in [-0.4, -0.2) is 39.6 Å². The SMILES string of the molecule is CCC1(CCOCc2ccc(N(c3ccccc3)c3ccc(-c4ccc(N(c5ccccc5)c5ccc(COCCC6(CC)COC6)cc5)cc4)cc3)cc2)COC1. The Bertz CT molecular complexity index is 1980. The second-order valence-corrected chi connectivity index (χ2v) is 16.1. The molecule has 6 aromatic rings. The predicted molar refractivity (Wildman–Crippen MR) is 237 cm³/mol. The summed E-state index contributed by atoms with van der Waals surface area (Å²) in [4.78, 5) is 4.61. The van der Waals surface area contributed by atoms with Crippen molar-refractivity contribution in [2.75, 3.05) is 49.4 Å². The van der Waals surface area contributed by atoms with Gasteiger partial charge >= 0.3 is 0 Å². The van der Waals surface area contributed by atoms with Crippen LogP contribution < -0.4 is 9.80 Å². The molecule has 298 valence electrons. The van der Waals surface area contributed by atoms with Gasteiger partial charge < -0.3 is 28.7 Å². The summed E-state index contributed by atoms with van der Waals surface area (Å²) in [6, 6.07) is 56.4. The van der Waals surface area contributed by atoms with Gasteiger partial charge in [-0.2, -0.15) is 0 Å². The van der Waals surface area contributed by atoms with Crippen LogP contribution in [0.3, 0.4) is 0 Å². The summed E-state index contributed by atoms with van der Waals surface area (Å²) in [5.74, 6) is 0. The average molecular weight is 773 g/mol. The number of para-hydroxylation sites is 2. The second kappa shape index (κ2) is 18.6. The molecular formula is C52H56N2O4. The normalized spacial score (nSPS) is 15.3. The Morgan fingerprint density at radius 3 is 1.02 bits per heavy atom. The number of anilines is 6. The van der Waals surface area contributed by atoms with Crippen LogP contribution in [-0.2, 0) is 32.2 Å². The maximum absolute atomic E-state index is 6.10. The van der Waals surface area contributed by atoms with E-state index in [9.17, 15) is 0 Å². The third kappa shape index (κ3) is 9.22. The maximum atomic E-state index is 6.10. The van der Waals surface area contributed by atoms with Gasteiger partial charge in [0.15, 0.2) is 0 Å². The van der Waals surface area contributed by atoms with Gasteiger partial charge in [-0.25, -0.2) is 0 Å². The summed E-state index contributed by atoms with van der Waals surface area (Å²) in [7, 11) is 0. The Labute approximate surface area is 345 Å². The van der Waals surface area contributed by atoms with Crippen LogP contribution in [0.25, 0.3) is 11.1 Å². The van der Waals surface area contributed by atoms with Gasteiger partial charge in [-0.05, 0) is 121 Å². The van der Waals surface area contributed by atoms with Crippen LogP contribution in [0.4, 0.5) is 34.1 Å². The molecule has 0 radical (unpaired) electrons. The molecule has 0 aliphatic carbocycles. The third-order valence-electron chi connectivity index (χ3n) is 12.2. The summed E-state index contributed by atoms with van der Waals surface area (Å²) in [5, 5.41) is 0. The predicted octanol–water partition coefficient (Wildman–Crippen LogP) is 13.0. The smallest absolute Gasteiger partial charge is 0.0716 e. The molecule has 6 aromatic carbocycles. The van der Waals surface area contributed by atoms with E-state index in [4.69, 9.17) is 18.9 Å². The standard InChI is InChI=1S/C52H56N2O4/c1-3-51(37-57-38-51)31-33-55-35-41-15-23-47(24-16-41)53(45-11-7-5-8-12-45)49-27-19-43(20-28-49)44-21-29-50(30-22-44)54(46-13-9-6-10-14-46)48-25-17-42(18-26-48)36-56-34-32-52(4-2)39-58-40-52/h5-30H,3-4,31-40H2,1-2H3. The van der Waals surface area contributed by atoms with Gasteiger partial charge in [0.1, 0.15) is 0 Å². The quantitative estimate of drug-likeness (QED) is 0.0764. The van der Waals surface area contributed by atoms with E-state index in [-0.39, 0.29) is 0 Å². The highest BCUT2D eigenvalue weighted by Crippen LogP contribution is 2.39. The van der Waals surface area contributed by atoms with E-state index in [0.29, 0.717) is 24.0 Å². The van der Waals surface area contributed by atoms with Crippen molar-refractivity contribution in [3.63, 3.8) is 0 Å². The van der Waals surface area contributed by atoms with Crippen LogP contribution in [0.15, 0.2) is 158 Å². The number of hydrogen-bond acceptors (Lipinski definition) is 6. The first-order valence-electron chi connectivity index (χ1n) is 21.0. The van der Waals surface area contributed by atoms with Gasteiger partial charge in [0, 0.05) is 58.2 Å². The van der Waals surface area contributed by atoms with Crippen LogP contribution >= 0.6 is 0 Å². The minimum atomic E-state index is 0.316. The van der Waals surface area contributed by atoms with Gasteiger partial charge in [-0.15, -0.1) is 0 Å². The Morgan fingerprint density at radius 2 is 0.724 bits per heavy atom. The van der Waals surface area contributed by atoms with Crippen molar-refractivity contribution in [3.05, 3.63) is 169 Å². The minimum absolute atomic E-state index is 0.316. The first kappa shape index (κ1) is 39.6. The fraction of sp³-hybridized carbons (Fsp3) is 0.308. The lowest BCUT2D eigenvalue weighted by Gasteiger charge is -2.40. The topological polar surface area (TPSA) is 43.4 Å². The van der Waals surface area contributed by atoms with E-state index in [1.54, 1.807) is 0 Å². The monoisotopic (exact) mass is 772 g/mol. The molecule has 6 nitrogen and oxygen atoms in total. The molecule has 8 rings (SSSR count). The van der Waals surface area contributed by atoms with E-state index in [0.717, 1.165) is 99.4 Å². The fourth-order valence-electron chi connectivity index (χ4n) is 7.93. The van der Waals surface area contributed by atoms with Crippen LogP contribution in [0, 0.1) is 10.8 Å². The fourth-order valence-corrected chi connectivity index (χ4v) is 7.93. The number of benzene rings is 6. The molecule has 0 N–H and O–H groups in total. The van der Waals surface area contributed by atoms with Gasteiger partial charge in [-0.1, -0.05) is 98.8 Å². The summed E-state index contributed by atoms with van der Waals surface area (Å²) >= 11 is 0. The maximum Gasteiger partial charge on any atom is 0.0716 e. The van der Waals surface area contributed by atoms with Crippen molar-refractivity contribution >= 4 is 34.1 Å². The number of rotatable bonds is 19. The van der Waals surface area contributed by atoms with E-state index >= 15 is 0 Å². The molecule has 0 amide bonds. The number of nitrogens with zero attached hydrogens (tertiary/aromatic N) is 2. The van der Waals surface area contributed by atoms with Crippen molar-refractivity contribution in [2.24, 2.45) is 10.8 Å². The highest BCUT2D eigenvalue weighted by Gasteiger charge is 2.37. The van der Waals surface area contributed by atoms with Crippen LogP contribution in [0.2, 0.25) is 0 Å². The second-order valence-electron chi connectivity index (χ2n) is 16.1.